The number of halogens is 2. The number of anilines is 1. The van der Waals surface area contributed by atoms with E-state index in [2.05, 4.69) is 10.2 Å². The molecule has 2 atom stereocenters. The fourth-order valence-electron chi connectivity index (χ4n) is 2.78. The van der Waals surface area contributed by atoms with Crippen LogP contribution in [0.15, 0.2) is 24.3 Å². The summed E-state index contributed by atoms with van der Waals surface area (Å²) in [7, 11) is 0. The van der Waals surface area contributed by atoms with E-state index in [9.17, 15) is 14.4 Å². The molecule has 168 valence electrons. The Hall–Kier alpha value is -2.03. The number of aliphatic carboxylic acids is 1. The zero-order valence-corrected chi connectivity index (χ0v) is 18.5. The second-order valence-corrected chi connectivity index (χ2v) is 7.34. The number of carbonyl (C=O) groups excluding carboxylic acids is 2. The van der Waals surface area contributed by atoms with E-state index in [0.717, 1.165) is 11.3 Å². The van der Waals surface area contributed by atoms with E-state index in [1.807, 2.05) is 24.3 Å². The number of carbonyl (C=O) groups is 3. The van der Waals surface area contributed by atoms with E-state index in [0.29, 0.717) is 24.8 Å². The largest absolute Gasteiger partial charge is 0.481 e. The molecule has 0 spiro atoms. The van der Waals surface area contributed by atoms with Crippen LogP contribution in [0.2, 0.25) is 0 Å². The van der Waals surface area contributed by atoms with Crippen molar-refractivity contribution in [3.63, 3.8) is 0 Å². The Bertz CT molecular complexity index is 682. The van der Waals surface area contributed by atoms with Gasteiger partial charge >= 0.3 is 11.9 Å². The van der Waals surface area contributed by atoms with Crippen LogP contribution in [-0.2, 0) is 25.5 Å². The molecule has 1 aromatic carbocycles. The number of carboxylic acids is 1. The van der Waals surface area contributed by atoms with Crippen LogP contribution in [0, 0.1) is 0 Å². The number of hydrogen-bond acceptors (Lipinski definition) is 6. The quantitative estimate of drug-likeness (QED) is 0.285. The first-order valence-corrected chi connectivity index (χ1v) is 10.8. The van der Waals surface area contributed by atoms with Gasteiger partial charge in [0.05, 0.1) is 12.6 Å². The number of amides is 1. The molecule has 0 unspecified atom stereocenters. The number of carboxylic acid groups (broad SMARTS) is 1. The van der Waals surface area contributed by atoms with Gasteiger partial charge in [0.1, 0.15) is 6.04 Å². The van der Waals surface area contributed by atoms with Gasteiger partial charge in [0.15, 0.2) is 0 Å². The SMILES string of the molecule is CCOC(=O)[C@@H](Cc1ccc(N(CCCl)CCCl)cc1)NC(=O)[C@@H](N)CCC(=O)O. The van der Waals surface area contributed by atoms with Crippen LogP contribution >= 0.6 is 23.2 Å². The molecule has 0 fully saturated rings. The molecule has 0 aliphatic heterocycles. The summed E-state index contributed by atoms with van der Waals surface area (Å²) in [5.74, 6) is -1.28. The molecular formula is C20H29Cl2N3O5. The second-order valence-electron chi connectivity index (χ2n) is 6.59. The lowest BCUT2D eigenvalue weighted by atomic mass is 10.0. The first-order valence-electron chi connectivity index (χ1n) is 9.72. The fraction of sp³-hybridized carbons (Fsp3) is 0.550. The summed E-state index contributed by atoms with van der Waals surface area (Å²) in [6.07, 6.45) is -0.0505. The van der Waals surface area contributed by atoms with Crippen molar-refractivity contribution in [1.29, 1.82) is 0 Å². The highest BCUT2D eigenvalue weighted by molar-refractivity contribution is 6.18. The Morgan fingerprint density at radius 1 is 1.17 bits per heavy atom. The highest BCUT2D eigenvalue weighted by atomic mass is 35.5. The molecule has 1 amide bonds. The molecule has 0 aliphatic carbocycles. The second kappa shape index (κ2) is 14.1. The summed E-state index contributed by atoms with van der Waals surface area (Å²) in [6, 6.07) is 5.55. The van der Waals surface area contributed by atoms with Crippen molar-refractivity contribution >= 4 is 46.7 Å². The zero-order chi connectivity index (χ0) is 22.5. The number of benzene rings is 1. The van der Waals surface area contributed by atoms with E-state index in [1.165, 1.54) is 0 Å². The molecule has 1 aromatic rings. The molecule has 4 N–H and O–H groups in total. The van der Waals surface area contributed by atoms with Gasteiger partial charge in [-0.1, -0.05) is 12.1 Å². The van der Waals surface area contributed by atoms with E-state index in [1.54, 1.807) is 6.92 Å². The lowest BCUT2D eigenvalue weighted by Crippen LogP contribution is -2.50. The number of alkyl halides is 2. The molecule has 30 heavy (non-hydrogen) atoms. The van der Waals surface area contributed by atoms with Gasteiger partial charge in [-0.25, -0.2) is 4.79 Å². The normalized spacial score (nSPS) is 12.7. The number of nitrogens with two attached hydrogens (primary N) is 1. The van der Waals surface area contributed by atoms with Crippen LogP contribution in [0.3, 0.4) is 0 Å². The van der Waals surface area contributed by atoms with Crippen LogP contribution in [0.1, 0.15) is 25.3 Å². The van der Waals surface area contributed by atoms with Crippen molar-refractivity contribution in [2.24, 2.45) is 5.73 Å². The lowest BCUT2D eigenvalue weighted by Gasteiger charge is -2.23. The Labute approximate surface area is 186 Å². The van der Waals surface area contributed by atoms with Crippen LogP contribution in [0.5, 0.6) is 0 Å². The summed E-state index contributed by atoms with van der Waals surface area (Å²) in [4.78, 5) is 37.3. The predicted octanol–water partition coefficient (Wildman–Crippen LogP) is 1.75. The van der Waals surface area contributed by atoms with Crippen molar-refractivity contribution in [1.82, 2.24) is 5.32 Å². The van der Waals surface area contributed by atoms with Crippen LogP contribution in [-0.4, -0.2) is 66.5 Å². The average Bonchev–Trinajstić information content (AvgIpc) is 2.72. The van der Waals surface area contributed by atoms with Crippen molar-refractivity contribution < 1.29 is 24.2 Å². The molecule has 0 heterocycles. The van der Waals surface area contributed by atoms with E-state index < -0.39 is 29.9 Å². The van der Waals surface area contributed by atoms with E-state index >= 15 is 0 Å². The summed E-state index contributed by atoms with van der Waals surface area (Å²) < 4.78 is 5.05. The number of ether oxygens (including phenoxy) is 1. The third kappa shape index (κ3) is 9.19. The smallest absolute Gasteiger partial charge is 0.328 e. The van der Waals surface area contributed by atoms with Gasteiger partial charge in [-0.05, 0) is 31.0 Å². The van der Waals surface area contributed by atoms with Crippen molar-refractivity contribution in [2.75, 3.05) is 36.4 Å². The molecule has 0 saturated carbocycles. The molecule has 10 heteroatoms. The minimum Gasteiger partial charge on any atom is -0.481 e. The summed E-state index contributed by atoms with van der Waals surface area (Å²) >= 11 is 11.7. The average molecular weight is 462 g/mol. The molecular weight excluding hydrogens is 433 g/mol. The summed E-state index contributed by atoms with van der Waals surface area (Å²) in [5.41, 5.74) is 7.50. The maximum atomic E-state index is 12.3. The third-order valence-electron chi connectivity index (χ3n) is 4.34. The molecule has 0 radical (unpaired) electrons. The van der Waals surface area contributed by atoms with Gasteiger partial charge in [-0.3, -0.25) is 9.59 Å². The monoisotopic (exact) mass is 461 g/mol. The number of nitrogens with one attached hydrogen (secondary N) is 1. The number of hydrogen-bond donors (Lipinski definition) is 3. The third-order valence-corrected chi connectivity index (χ3v) is 4.68. The highest BCUT2D eigenvalue weighted by Crippen LogP contribution is 2.17. The highest BCUT2D eigenvalue weighted by Gasteiger charge is 2.25. The van der Waals surface area contributed by atoms with Gasteiger partial charge < -0.3 is 25.8 Å². The maximum absolute atomic E-state index is 12.3. The first kappa shape index (κ1) is 26.0. The van der Waals surface area contributed by atoms with E-state index in [4.69, 9.17) is 38.8 Å². The maximum Gasteiger partial charge on any atom is 0.328 e. The van der Waals surface area contributed by atoms with Gasteiger partial charge in [-0.15, -0.1) is 23.2 Å². The topological polar surface area (TPSA) is 122 Å². The van der Waals surface area contributed by atoms with Gasteiger partial charge in [-0.2, -0.15) is 0 Å². The van der Waals surface area contributed by atoms with Gasteiger partial charge in [0.25, 0.3) is 0 Å². The summed E-state index contributed by atoms with van der Waals surface area (Å²) in [6.45, 7) is 3.15. The fourth-order valence-corrected chi connectivity index (χ4v) is 3.19. The van der Waals surface area contributed by atoms with Crippen molar-refractivity contribution in [2.45, 2.75) is 38.3 Å². The molecule has 8 nitrogen and oxygen atoms in total. The predicted molar refractivity (Wildman–Crippen MR) is 117 cm³/mol. The van der Waals surface area contributed by atoms with Crippen LogP contribution < -0.4 is 16.0 Å². The molecule has 0 saturated heterocycles. The Balaban J connectivity index is 2.85. The number of nitrogens with zero attached hydrogens (tertiary/aromatic N) is 1. The first-order chi connectivity index (χ1) is 14.3. The van der Waals surface area contributed by atoms with Crippen molar-refractivity contribution in [3.8, 4) is 0 Å². The van der Waals surface area contributed by atoms with Crippen LogP contribution in [0.4, 0.5) is 5.69 Å². The molecule has 1 rings (SSSR count). The van der Waals surface area contributed by atoms with E-state index in [-0.39, 0.29) is 25.9 Å². The minimum absolute atomic E-state index is 0.0254. The lowest BCUT2D eigenvalue weighted by molar-refractivity contribution is -0.147. The Kier molecular flexibility index (Phi) is 12.2. The minimum atomic E-state index is -1.04. The molecule has 0 aliphatic rings. The Morgan fingerprint density at radius 3 is 2.27 bits per heavy atom. The Morgan fingerprint density at radius 2 is 1.77 bits per heavy atom. The van der Waals surface area contributed by atoms with Gasteiger partial charge in [0, 0.05) is 43.4 Å². The summed E-state index contributed by atoms with van der Waals surface area (Å²) in [5, 5.41) is 11.3. The van der Waals surface area contributed by atoms with Crippen molar-refractivity contribution in [3.05, 3.63) is 29.8 Å². The van der Waals surface area contributed by atoms with Gasteiger partial charge in [0.2, 0.25) is 5.91 Å². The molecule has 0 aromatic heterocycles. The number of esters is 1. The number of rotatable bonds is 14. The standard InChI is InChI=1S/C20H29Cl2N3O5/c1-2-30-20(29)17(24-19(28)16(23)7-8-18(26)27)13-14-3-5-15(6-4-14)25(11-9-21)12-10-22/h3-6,16-17H,2,7-13,23H2,1H3,(H,24,28)(H,26,27)/t16-,17+/m0/s1. The van der Waals surface area contributed by atoms with Crippen LogP contribution in [0.25, 0.3) is 0 Å². The zero-order valence-electron chi connectivity index (χ0n) is 17.0. The molecule has 0 bridgehead atoms.